The van der Waals surface area contributed by atoms with Crippen molar-refractivity contribution in [1.29, 1.82) is 0 Å². The van der Waals surface area contributed by atoms with Crippen molar-refractivity contribution in [2.24, 2.45) is 0 Å². The van der Waals surface area contributed by atoms with Gasteiger partial charge in [-0.05, 0) is 13.8 Å². The molecule has 0 rings (SSSR count). The van der Waals surface area contributed by atoms with Gasteiger partial charge in [0, 0.05) is 0 Å². The normalized spacial score (nSPS) is 11.6. The van der Waals surface area contributed by atoms with E-state index in [-0.39, 0.29) is 0 Å². The van der Waals surface area contributed by atoms with Crippen LogP contribution in [0.3, 0.4) is 0 Å². The van der Waals surface area contributed by atoms with E-state index in [1.54, 1.807) is 0 Å². The molecule has 0 radical (unpaired) electrons. The van der Waals surface area contributed by atoms with Crippen LogP contribution < -0.4 is 0 Å². The zero-order valence-electron chi connectivity index (χ0n) is 8.48. The van der Waals surface area contributed by atoms with E-state index in [4.69, 9.17) is 24.1 Å². The maximum absolute atomic E-state index is 9.79. The number of hydrogen-bond donors (Lipinski definition) is 4. The number of aliphatic hydroxyl groups is 2. The molecule has 0 aromatic rings. The van der Waals surface area contributed by atoms with E-state index in [1.165, 1.54) is 13.8 Å². The molecule has 10 heteroatoms. The summed E-state index contributed by atoms with van der Waals surface area (Å²) >= 11 is 0.750. The van der Waals surface area contributed by atoms with E-state index >= 15 is 0 Å². The van der Waals surface area contributed by atoms with E-state index in [0.717, 1.165) is 20.4 Å². The first kappa shape index (κ1) is 20.7. The number of carbonyl (C=O) groups is 2. The average molecular weight is 276 g/mol. The van der Waals surface area contributed by atoms with Crippen LogP contribution in [0.25, 0.3) is 0 Å². The van der Waals surface area contributed by atoms with E-state index in [1.807, 2.05) is 0 Å². The van der Waals surface area contributed by atoms with E-state index in [0.29, 0.717) is 0 Å². The summed E-state index contributed by atoms with van der Waals surface area (Å²) in [6.07, 6.45) is -2.49. The Morgan fingerprint density at radius 2 is 1.12 bits per heavy atom. The van der Waals surface area contributed by atoms with Crippen molar-refractivity contribution >= 4 is 11.9 Å². The Morgan fingerprint density at radius 3 is 1.12 bits per heavy atom. The number of rotatable bonds is 2. The molecule has 0 saturated heterocycles. The summed E-state index contributed by atoms with van der Waals surface area (Å²) in [5.41, 5.74) is 0. The van der Waals surface area contributed by atoms with Gasteiger partial charge in [0.1, 0.15) is 0 Å². The Balaban J connectivity index is -0.000000183. The van der Waals surface area contributed by atoms with Gasteiger partial charge in [0.05, 0.1) is 0 Å². The van der Waals surface area contributed by atoms with Gasteiger partial charge in [0.25, 0.3) is 0 Å². The van der Waals surface area contributed by atoms with Gasteiger partial charge in [0.2, 0.25) is 0 Å². The Hall–Kier alpha value is -0.706. The molecule has 94 valence electrons. The zero-order chi connectivity index (χ0) is 13.7. The third kappa shape index (κ3) is 15.8. The molecule has 0 aromatic heterocycles. The SMILES string of the molecule is CC(O)C(=O)OO.CC(O)C(=O)OO.[O]=[Ti]. The van der Waals surface area contributed by atoms with Crippen LogP contribution in [-0.2, 0) is 43.1 Å². The third-order valence-electron chi connectivity index (χ3n) is 0.862. The molecular weight excluding hydrogens is 264 g/mol. The van der Waals surface area contributed by atoms with Crippen LogP contribution in [0.2, 0.25) is 0 Å². The van der Waals surface area contributed by atoms with Crippen LogP contribution in [0, 0.1) is 0 Å². The summed E-state index contributed by atoms with van der Waals surface area (Å²) in [7, 11) is 0. The quantitative estimate of drug-likeness (QED) is 0.272. The van der Waals surface area contributed by atoms with Crippen LogP contribution in [0.15, 0.2) is 0 Å². The molecule has 0 aliphatic rings. The first-order valence-corrected chi connectivity index (χ1v) is 4.27. The molecule has 0 fully saturated rings. The minimum atomic E-state index is -1.25. The molecule has 9 nitrogen and oxygen atoms in total. The predicted octanol–water partition coefficient (Wildman–Crippen LogP) is -1.35. The molecule has 16 heavy (non-hydrogen) atoms. The standard InChI is InChI=1S/2C3H6O4.O.Ti/c2*1-2(4)3(5)7-6;;/h2*2,4,6H,1H3;;. The molecule has 0 bridgehead atoms. The maximum atomic E-state index is 9.79. The molecule has 0 saturated carbocycles. The molecular formula is C6H12O9Ti. The van der Waals surface area contributed by atoms with Gasteiger partial charge < -0.3 is 10.2 Å². The van der Waals surface area contributed by atoms with Crippen LogP contribution in [0.4, 0.5) is 0 Å². The summed E-state index contributed by atoms with van der Waals surface area (Å²) in [5, 5.41) is 31.4. The molecule has 0 aliphatic carbocycles. The fourth-order valence-electron chi connectivity index (χ4n) is 0.153. The van der Waals surface area contributed by atoms with Crippen molar-refractivity contribution < 1.29 is 63.8 Å². The van der Waals surface area contributed by atoms with E-state index < -0.39 is 24.1 Å². The molecule has 0 aromatic carbocycles. The fraction of sp³-hybridized carbons (Fsp3) is 0.667. The fourth-order valence-corrected chi connectivity index (χ4v) is 0.153. The van der Waals surface area contributed by atoms with Crippen LogP contribution in [-0.4, -0.2) is 44.9 Å². The summed E-state index contributed by atoms with van der Waals surface area (Å²) < 4.78 is 8.25. The summed E-state index contributed by atoms with van der Waals surface area (Å²) in [6, 6.07) is 0. The van der Waals surface area contributed by atoms with Crippen LogP contribution >= 0.6 is 0 Å². The average Bonchev–Trinajstić information content (AvgIpc) is 2.29. The van der Waals surface area contributed by atoms with Crippen molar-refractivity contribution in [2.45, 2.75) is 26.1 Å². The van der Waals surface area contributed by atoms with Gasteiger partial charge in [-0.3, -0.25) is 9.78 Å². The van der Waals surface area contributed by atoms with Gasteiger partial charge in [-0.2, -0.15) is 10.5 Å². The molecule has 0 heterocycles. The van der Waals surface area contributed by atoms with Gasteiger partial charge in [-0.25, -0.2) is 9.59 Å². The number of aliphatic hydroxyl groups excluding tert-OH is 2. The summed E-state index contributed by atoms with van der Waals surface area (Å²) in [6.45, 7) is 2.39. The first-order chi connectivity index (χ1) is 7.36. The van der Waals surface area contributed by atoms with Crippen molar-refractivity contribution in [2.75, 3.05) is 0 Å². The molecule has 0 aliphatic heterocycles. The summed E-state index contributed by atoms with van der Waals surface area (Å²) in [5.74, 6) is -2.08. The van der Waals surface area contributed by atoms with Crippen molar-refractivity contribution in [3.8, 4) is 0 Å². The van der Waals surface area contributed by atoms with Gasteiger partial charge in [-0.15, -0.1) is 0 Å². The molecule has 2 atom stereocenters. The number of hydrogen-bond acceptors (Lipinski definition) is 9. The Kier molecular flexibility index (Phi) is 18.5. The van der Waals surface area contributed by atoms with Gasteiger partial charge in [-0.1, -0.05) is 0 Å². The molecule has 0 spiro atoms. The second-order valence-electron chi connectivity index (χ2n) is 2.17. The summed E-state index contributed by atoms with van der Waals surface area (Å²) in [4.78, 5) is 25.8. The minimum absolute atomic E-state index is 0.750. The predicted molar refractivity (Wildman–Crippen MR) is 41.5 cm³/mol. The van der Waals surface area contributed by atoms with Crippen molar-refractivity contribution in [3.05, 3.63) is 0 Å². The van der Waals surface area contributed by atoms with Crippen LogP contribution in [0.5, 0.6) is 0 Å². The topological polar surface area (TPSA) is 151 Å². The van der Waals surface area contributed by atoms with E-state index in [2.05, 4.69) is 9.78 Å². The second kappa shape index (κ2) is 14.3. The Morgan fingerprint density at radius 1 is 0.938 bits per heavy atom. The van der Waals surface area contributed by atoms with Crippen molar-refractivity contribution in [1.82, 2.24) is 0 Å². The first-order valence-electron chi connectivity index (χ1n) is 3.63. The third-order valence-corrected chi connectivity index (χ3v) is 0.862. The Bertz CT molecular complexity index is 172. The zero-order valence-corrected chi connectivity index (χ0v) is 10.0. The molecule has 0 amide bonds. The molecule has 2 unspecified atom stereocenters. The van der Waals surface area contributed by atoms with Crippen molar-refractivity contribution in [3.63, 3.8) is 0 Å². The second-order valence-corrected chi connectivity index (χ2v) is 2.17. The van der Waals surface area contributed by atoms with E-state index in [9.17, 15) is 9.59 Å². The van der Waals surface area contributed by atoms with Gasteiger partial charge >= 0.3 is 35.7 Å². The Labute approximate surface area is 102 Å². The van der Waals surface area contributed by atoms with Gasteiger partial charge in [0.15, 0.2) is 12.2 Å². The van der Waals surface area contributed by atoms with Crippen LogP contribution in [0.1, 0.15) is 13.8 Å². The monoisotopic (exact) mass is 276 g/mol. The number of carbonyl (C=O) groups excluding carboxylic acids is 2. The molecule has 4 N–H and O–H groups in total.